The van der Waals surface area contributed by atoms with Gasteiger partial charge in [-0.25, -0.2) is 0 Å². The molecule has 4 heteroatoms. The summed E-state index contributed by atoms with van der Waals surface area (Å²) in [6.07, 6.45) is 1.73. The molecule has 0 fully saturated rings. The minimum atomic E-state index is -0.349. The quantitative estimate of drug-likeness (QED) is 0.572. The third-order valence-corrected chi connectivity index (χ3v) is 2.49. The Morgan fingerprint density at radius 2 is 2.25 bits per heavy atom. The number of benzene rings is 1. The highest BCUT2D eigenvalue weighted by Crippen LogP contribution is 2.21. The van der Waals surface area contributed by atoms with E-state index in [9.17, 15) is 9.59 Å². The van der Waals surface area contributed by atoms with Crippen LogP contribution in [0.15, 0.2) is 18.2 Å². The van der Waals surface area contributed by atoms with Crippen LogP contribution in [0.5, 0.6) is 5.75 Å². The molecule has 1 aromatic carbocycles. The number of aryl methyl sites for hydroxylation is 1. The number of carbonyl (C=O) groups excluding carboxylic acids is 2. The molecule has 1 amide bonds. The van der Waals surface area contributed by atoms with Crippen molar-refractivity contribution in [1.29, 1.82) is 0 Å². The van der Waals surface area contributed by atoms with Crippen molar-refractivity contribution in [2.24, 2.45) is 0 Å². The van der Waals surface area contributed by atoms with E-state index >= 15 is 0 Å². The fourth-order valence-electron chi connectivity index (χ4n) is 1.80. The summed E-state index contributed by atoms with van der Waals surface area (Å²) in [5.74, 6) is 0.0980. The van der Waals surface area contributed by atoms with Crippen LogP contribution in [-0.4, -0.2) is 18.4 Å². The lowest BCUT2D eigenvalue weighted by Gasteiger charge is -2.07. The molecule has 1 aromatic rings. The topological polar surface area (TPSA) is 55.4 Å². The van der Waals surface area contributed by atoms with Crippen LogP contribution in [0, 0.1) is 0 Å². The average molecular weight is 219 g/mol. The average Bonchev–Trinajstić information content (AvgIpc) is 2.40. The first kappa shape index (κ1) is 10.7. The van der Waals surface area contributed by atoms with Gasteiger partial charge in [-0.15, -0.1) is 0 Å². The molecule has 16 heavy (non-hydrogen) atoms. The fraction of sp³-hybridized carbons (Fsp3) is 0.333. The van der Waals surface area contributed by atoms with Gasteiger partial charge in [-0.2, -0.15) is 0 Å². The highest BCUT2D eigenvalue weighted by molar-refractivity contribution is 5.96. The first-order valence-electron chi connectivity index (χ1n) is 5.26. The van der Waals surface area contributed by atoms with Crippen LogP contribution in [0.3, 0.4) is 0 Å². The number of fused-ring (bicyclic) bond motifs is 1. The predicted octanol–water partition coefficient (Wildman–Crippen LogP) is 1.29. The van der Waals surface area contributed by atoms with Gasteiger partial charge in [0, 0.05) is 19.0 Å². The zero-order valence-corrected chi connectivity index (χ0v) is 9.08. The summed E-state index contributed by atoms with van der Waals surface area (Å²) >= 11 is 0. The lowest BCUT2D eigenvalue weighted by Crippen LogP contribution is -2.22. The Labute approximate surface area is 93.6 Å². The van der Waals surface area contributed by atoms with Crippen LogP contribution in [0.25, 0.3) is 0 Å². The summed E-state index contributed by atoms with van der Waals surface area (Å²) in [7, 11) is 0. The van der Waals surface area contributed by atoms with Gasteiger partial charge in [0.25, 0.3) is 5.91 Å². The SMILES string of the molecule is CC(=O)Oc1ccc2c(c1)CCCNC2=O. The standard InChI is InChI=1S/C12H13NO3/c1-8(14)16-10-4-5-11-9(7-10)3-2-6-13-12(11)15/h4-5,7H,2-3,6H2,1H3,(H,13,15). The van der Waals surface area contributed by atoms with Crippen molar-refractivity contribution in [3.05, 3.63) is 29.3 Å². The number of hydrogen-bond acceptors (Lipinski definition) is 3. The lowest BCUT2D eigenvalue weighted by atomic mass is 10.0. The molecule has 0 saturated carbocycles. The van der Waals surface area contributed by atoms with Crippen LogP contribution in [0.4, 0.5) is 0 Å². The van der Waals surface area contributed by atoms with Crippen molar-refractivity contribution in [1.82, 2.24) is 5.32 Å². The molecule has 0 saturated heterocycles. The van der Waals surface area contributed by atoms with Gasteiger partial charge < -0.3 is 10.1 Å². The Kier molecular flexibility index (Phi) is 2.90. The summed E-state index contributed by atoms with van der Waals surface area (Å²) in [5, 5.41) is 2.81. The summed E-state index contributed by atoms with van der Waals surface area (Å²) in [6, 6.07) is 5.11. The van der Waals surface area contributed by atoms with Gasteiger partial charge in [0.15, 0.2) is 0 Å². The molecule has 0 aromatic heterocycles. The van der Waals surface area contributed by atoms with E-state index < -0.39 is 0 Å². The van der Waals surface area contributed by atoms with Crippen molar-refractivity contribution in [2.75, 3.05) is 6.54 Å². The molecule has 1 N–H and O–H groups in total. The second-order valence-electron chi connectivity index (χ2n) is 3.77. The van der Waals surface area contributed by atoms with Crippen molar-refractivity contribution in [2.45, 2.75) is 19.8 Å². The molecule has 0 unspecified atom stereocenters. The Hall–Kier alpha value is -1.84. The zero-order chi connectivity index (χ0) is 11.5. The van der Waals surface area contributed by atoms with Crippen LogP contribution in [0.1, 0.15) is 29.3 Å². The largest absolute Gasteiger partial charge is 0.427 e. The molecule has 0 atom stereocenters. The van der Waals surface area contributed by atoms with E-state index in [0.29, 0.717) is 17.9 Å². The number of nitrogens with one attached hydrogen (secondary N) is 1. The second kappa shape index (κ2) is 4.35. The van der Waals surface area contributed by atoms with Crippen molar-refractivity contribution in [3.63, 3.8) is 0 Å². The van der Waals surface area contributed by atoms with Crippen molar-refractivity contribution >= 4 is 11.9 Å². The third kappa shape index (κ3) is 2.21. The lowest BCUT2D eigenvalue weighted by molar-refractivity contribution is -0.131. The molecule has 1 aliphatic rings. The number of rotatable bonds is 1. The van der Waals surface area contributed by atoms with Gasteiger partial charge in [0.1, 0.15) is 5.75 Å². The van der Waals surface area contributed by atoms with E-state index in [0.717, 1.165) is 18.4 Å². The number of ether oxygens (including phenoxy) is 1. The minimum absolute atomic E-state index is 0.0538. The Morgan fingerprint density at radius 1 is 1.44 bits per heavy atom. The molecule has 2 rings (SSSR count). The molecule has 84 valence electrons. The van der Waals surface area contributed by atoms with E-state index in [4.69, 9.17) is 4.74 Å². The Balaban J connectivity index is 2.33. The van der Waals surface area contributed by atoms with Gasteiger partial charge in [0.2, 0.25) is 0 Å². The number of esters is 1. The first-order valence-corrected chi connectivity index (χ1v) is 5.26. The van der Waals surface area contributed by atoms with Crippen LogP contribution in [0.2, 0.25) is 0 Å². The van der Waals surface area contributed by atoms with Crippen molar-refractivity contribution in [3.8, 4) is 5.75 Å². The van der Waals surface area contributed by atoms with E-state index in [1.165, 1.54) is 6.92 Å². The molecular formula is C12H13NO3. The van der Waals surface area contributed by atoms with Gasteiger partial charge in [0.05, 0.1) is 0 Å². The summed E-state index contributed by atoms with van der Waals surface area (Å²) in [4.78, 5) is 22.4. The monoisotopic (exact) mass is 219 g/mol. The second-order valence-corrected chi connectivity index (χ2v) is 3.77. The predicted molar refractivity (Wildman–Crippen MR) is 58.4 cm³/mol. The first-order chi connectivity index (χ1) is 7.66. The number of hydrogen-bond donors (Lipinski definition) is 1. The molecule has 0 aliphatic carbocycles. The summed E-state index contributed by atoms with van der Waals surface area (Å²) in [6.45, 7) is 2.05. The number of carbonyl (C=O) groups is 2. The molecule has 4 nitrogen and oxygen atoms in total. The molecule has 0 spiro atoms. The van der Waals surface area contributed by atoms with Gasteiger partial charge in [-0.05, 0) is 36.6 Å². The molecule has 0 bridgehead atoms. The van der Waals surface area contributed by atoms with Crippen molar-refractivity contribution < 1.29 is 14.3 Å². The number of amides is 1. The van der Waals surface area contributed by atoms with E-state index in [2.05, 4.69) is 5.32 Å². The van der Waals surface area contributed by atoms with E-state index in [1.54, 1.807) is 18.2 Å². The van der Waals surface area contributed by atoms with Gasteiger partial charge >= 0.3 is 5.97 Å². The van der Waals surface area contributed by atoms with E-state index in [1.807, 2.05) is 0 Å². The molecule has 0 radical (unpaired) electrons. The Bertz CT molecular complexity index is 440. The third-order valence-electron chi connectivity index (χ3n) is 2.49. The maximum atomic E-state index is 11.6. The summed E-state index contributed by atoms with van der Waals surface area (Å²) < 4.78 is 4.99. The molecular weight excluding hydrogens is 206 g/mol. The van der Waals surface area contributed by atoms with Gasteiger partial charge in [-0.3, -0.25) is 9.59 Å². The normalized spacial score (nSPS) is 14.7. The fourth-order valence-corrected chi connectivity index (χ4v) is 1.80. The smallest absolute Gasteiger partial charge is 0.308 e. The zero-order valence-electron chi connectivity index (χ0n) is 9.08. The Morgan fingerprint density at radius 3 is 3.00 bits per heavy atom. The van der Waals surface area contributed by atoms with Gasteiger partial charge in [-0.1, -0.05) is 0 Å². The highest BCUT2D eigenvalue weighted by Gasteiger charge is 2.15. The van der Waals surface area contributed by atoms with Crippen LogP contribution < -0.4 is 10.1 Å². The molecule has 1 heterocycles. The summed E-state index contributed by atoms with van der Waals surface area (Å²) in [5.41, 5.74) is 1.61. The highest BCUT2D eigenvalue weighted by atomic mass is 16.5. The van der Waals surface area contributed by atoms with E-state index in [-0.39, 0.29) is 11.9 Å². The molecule has 1 aliphatic heterocycles. The van der Waals surface area contributed by atoms with Crippen LogP contribution in [-0.2, 0) is 11.2 Å². The van der Waals surface area contributed by atoms with Crippen LogP contribution >= 0.6 is 0 Å². The maximum Gasteiger partial charge on any atom is 0.308 e. The minimum Gasteiger partial charge on any atom is -0.427 e. The maximum absolute atomic E-state index is 11.6.